The van der Waals surface area contributed by atoms with Gasteiger partial charge in [-0.1, -0.05) is 17.7 Å². The van der Waals surface area contributed by atoms with E-state index in [0.29, 0.717) is 31.1 Å². The molecule has 4 nitrogen and oxygen atoms in total. The van der Waals surface area contributed by atoms with Crippen LogP contribution in [0.5, 0.6) is 5.75 Å². The zero-order chi connectivity index (χ0) is 21.7. The summed E-state index contributed by atoms with van der Waals surface area (Å²) >= 11 is 9.64. The molecule has 0 unspecified atom stereocenters. The van der Waals surface area contributed by atoms with Crippen molar-refractivity contribution < 1.29 is 14.3 Å². The second-order valence-electron chi connectivity index (χ2n) is 7.02. The Morgan fingerprint density at radius 2 is 1.80 bits per heavy atom. The molecule has 0 bridgehead atoms. The molecule has 0 saturated heterocycles. The highest BCUT2D eigenvalue weighted by Crippen LogP contribution is 2.28. The fourth-order valence-electron chi connectivity index (χ4n) is 3.32. The molecule has 3 aromatic rings. The molecule has 6 heteroatoms. The number of carbonyl (C=O) groups is 1. The standard InChI is InChI=1S/C24H25BrClNO3/c1-4-29-24(28)12-6-18-5-11-23(17(3)16(18)2)30-15-22-21(25)13-14-27(22)20-9-7-19(26)8-10-20/h5,7-11,13-14H,4,6,12,15H2,1-3H3. The van der Waals surface area contributed by atoms with Crippen LogP contribution in [0.15, 0.2) is 53.1 Å². The number of aryl methyl sites for hydroxylation is 1. The molecule has 1 aromatic heterocycles. The minimum atomic E-state index is -0.164. The Hall–Kier alpha value is -2.24. The Balaban J connectivity index is 1.74. The molecule has 0 N–H and O–H groups in total. The summed E-state index contributed by atoms with van der Waals surface area (Å²) in [6.45, 7) is 6.76. The summed E-state index contributed by atoms with van der Waals surface area (Å²) in [6, 6.07) is 13.7. The van der Waals surface area contributed by atoms with E-state index in [9.17, 15) is 4.79 Å². The van der Waals surface area contributed by atoms with E-state index in [4.69, 9.17) is 21.1 Å². The zero-order valence-electron chi connectivity index (χ0n) is 17.4. The van der Waals surface area contributed by atoms with E-state index in [1.54, 1.807) is 0 Å². The van der Waals surface area contributed by atoms with Crippen LogP contribution >= 0.6 is 27.5 Å². The Bertz CT molecular complexity index is 1030. The van der Waals surface area contributed by atoms with Gasteiger partial charge in [0.1, 0.15) is 12.4 Å². The molecule has 3 rings (SSSR count). The Morgan fingerprint density at radius 3 is 2.50 bits per heavy atom. The lowest BCUT2D eigenvalue weighted by atomic mass is 9.99. The van der Waals surface area contributed by atoms with Gasteiger partial charge >= 0.3 is 5.97 Å². The lowest BCUT2D eigenvalue weighted by Crippen LogP contribution is -2.07. The highest BCUT2D eigenvalue weighted by Gasteiger charge is 2.13. The monoisotopic (exact) mass is 489 g/mol. The van der Waals surface area contributed by atoms with Crippen molar-refractivity contribution in [1.82, 2.24) is 4.57 Å². The van der Waals surface area contributed by atoms with Gasteiger partial charge in [0.15, 0.2) is 0 Å². The van der Waals surface area contributed by atoms with Gasteiger partial charge in [0.2, 0.25) is 0 Å². The van der Waals surface area contributed by atoms with Crippen molar-refractivity contribution in [1.29, 1.82) is 0 Å². The molecule has 0 aliphatic heterocycles. The van der Waals surface area contributed by atoms with Crippen LogP contribution in [0, 0.1) is 13.8 Å². The third kappa shape index (κ3) is 5.27. The van der Waals surface area contributed by atoms with Crippen LogP contribution < -0.4 is 4.74 Å². The van der Waals surface area contributed by atoms with Gasteiger partial charge in [-0.15, -0.1) is 0 Å². The van der Waals surface area contributed by atoms with Crippen molar-refractivity contribution in [2.24, 2.45) is 0 Å². The van der Waals surface area contributed by atoms with Crippen molar-refractivity contribution in [2.75, 3.05) is 6.61 Å². The molecule has 30 heavy (non-hydrogen) atoms. The summed E-state index contributed by atoms with van der Waals surface area (Å²) in [6.07, 6.45) is 3.05. The van der Waals surface area contributed by atoms with Crippen molar-refractivity contribution in [3.05, 3.63) is 80.5 Å². The fraction of sp³-hybridized carbons (Fsp3) is 0.292. The van der Waals surface area contributed by atoms with Crippen molar-refractivity contribution in [2.45, 2.75) is 40.2 Å². The first-order chi connectivity index (χ1) is 14.4. The van der Waals surface area contributed by atoms with Gasteiger partial charge in [0.05, 0.1) is 12.3 Å². The van der Waals surface area contributed by atoms with Crippen LogP contribution in [-0.2, 0) is 22.6 Å². The number of benzene rings is 2. The van der Waals surface area contributed by atoms with Gasteiger partial charge in [-0.2, -0.15) is 0 Å². The number of esters is 1. The van der Waals surface area contributed by atoms with E-state index in [2.05, 4.69) is 27.4 Å². The molecule has 0 aliphatic rings. The molecule has 0 atom stereocenters. The van der Waals surface area contributed by atoms with E-state index in [1.807, 2.05) is 62.5 Å². The molecule has 1 heterocycles. The average molecular weight is 491 g/mol. The summed E-state index contributed by atoms with van der Waals surface area (Å²) in [7, 11) is 0. The highest BCUT2D eigenvalue weighted by atomic mass is 79.9. The number of ether oxygens (including phenoxy) is 2. The van der Waals surface area contributed by atoms with Gasteiger partial charge in [-0.3, -0.25) is 4.79 Å². The van der Waals surface area contributed by atoms with Crippen LogP contribution in [0.3, 0.4) is 0 Å². The number of aromatic nitrogens is 1. The predicted octanol–water partition coefficient (Wildman–Crippen LogP) is 6.58. The zero-order valence-corrected chi connectivity index (χ0v) is 19.7. The predicted molar refractivity (Wildman–Crippen MR) is 124 cm³/mol. The fourth-order valence-corrected chi connectivity index (χ4v) is 3.87. The second kappa shape index (κ2) is 10.2. The van der Waals surface area contributed by atoms with Crippen LogP contribution in [0.2, 0.25) is 5.02 Å². The van der Waals surface area contributed by atoms with E-state index in [0.717, 1.165) is 38.3 Å². The lowest BCUT2D eigenvalue weighted by Gasteiger charge is -2.16. The van der Waals surface area contributed by atoms with Crippen molar-refractivity contribution >= 4 is 33.5 Å². The first kappa shape index (κ1) is 22.4. The second-order valence-corrected chi connectivity index (χ2v) is 8.31. The van der Waals surface area contributed by atoms with Crippen LogP contribution in [0.25, 0.3) is 5.69 Å². The molecule has 0 saturated carbocycles. The third-order valence-electron chi connectivity index (χ3n) is 5.16. The van der Waals surface area contributed by atoms with E-state index in [-0.39, 0.29) is 5.97 Å². The maximum atomic E-state index is 11.7. The summed E-state index contributed by atoms with van der Waals surface area (Å²) in [5.74, 6) is 0.672. The molecule has 0 fully saturated rings. The number of hydrogen-bond acceptors (Lipinski definition) is 3. The largest absolute Gasteiger partial charge is 0.487 e. The topological polar surface area (TPSA) is 40.5 Å². The number of carbonyl (C=O) groups excluding carboxylic acids is 1. The Labute approximate surface area is 190 Å². The van der Waals surface area contributed by atoms with E-state index < -0.39 is 0 Å². The maximum Gasteiger partial charge on any atom is 0.306 e. The molecular formula is C24H25BrClNO3. The van der Waals surface area contributed by atoms with E-state index in [1.165, 1.54) is 0 Å². The quantitative estimate of drug-likeness (QED) is 0.335. The van der Waals surface area contributed by atoms with Gasteiger partial charge < -0.3 is 14.0 Å². The molecule has 158 valence electrons. The number of hydrogen-bond donors (Lipinski definition) is 0. The SMILES string of the molecule is CCOC(=O)CCc1ccc(OCc2c(Br)ccn2-c2ccc(Cl)cc2)c(C)c1C. The van der Waals surface area contributed by atoms with Gasteiger partial charge in [0, 0.05) is 27.8 Å². The Morgan fingerprint density at radius 1 is 1.07 bits per heavy atom. The first-order valence-corrected chi connectivity index (χ1v) is 11.1. The van der Waals surface area contributed by atoms with Crippen LogP contribution in [-0.4, -0.2) is 17.1 Å². The molecule has 0 aliphatic carbocycles. The minimum absolute atomic E-state index is 0.164. The number of halogens is 2. The smallest absolute Gasteiger partial charge is 0.306 e. The first-order valence-electron chi connectivity index (χ1n) is 9.89. The normalized spacial score (nSPS) is 10.8. The highest BCUT2D eigenvalue weighted by molar-refractivity contribution is 9.10. The summed E-state index contributed by atoms with van der Waals surface area (Å²) in [5, 5.41) is 0.705. The lowest BCUT2D eigenvalue weighted by molar-refractivity contribution is -0.143. The summed E-state index contributed by atoms with van der Waals surface area (Å²) < 4.78 is 14.3. The summed E-state index contributed by atoms with van der Waals surface area (Å²) in [5.41, 5.74) is 5.39. The Kier molecular flexibility index (Phi) is 7.62. The number of nitrogens with zero attached hydrogens (tertiary/aromatic N) is 1. The molecule has 0 amide bonds. The van der Waals surface area contributed by atoms with E-state index >= 15 is 0 Å². The molecular weight excluding hydrogens is 466 g/mol. The molecule has 2 aromatic carbocycles. The van der Waals surface area contributed by atoms with Gasteiger partial charge in [0.25, 0.3) is 0 Å². The molecule has 0 radical (unpaired) electrons. The van der Waals surface area contributed by atoms with Crippen molar-refractivity contribution in [3.63, 3.8) is 0 Å². The van der Waals surface area contributed by atoms with Gasteiger partial charge in [-0.25, -0.2) is 0 Å². The maximum absolute atomic E-state index is 11.7. The number of rotatable bonds is 8. The van der Waals surface area contributed by atoms with Crippen LogP contribution in [0.4, 0.5) is 0 Å². The third-order valence-corrected chi connectivity index (χ3v) is 6.13. The van der Waals surface area contributed by atoms with Crippen LogP contribution in [0.1, 0.15) is 35.7 Å². The van der Waals surface area contributed by atoms with Gasteiger partial charge in [-0.05, 0) is 96.2 Å². The van der Waals surface area contributed by atoms with Crippen molar-refractivity contribution in [3.8, 4) is 11.4 Å². The molecule has 0 spiro atoms. The summed E-state index contributed by atoms with van der Waals surface area (Å²) in [4.78, 5) is 11.7. The minimum Gasteiger partial charge on any atom is -0.487 e. The average Bonchev–Trinajstić information content (AvgIpc) is 3.09.